The maximum absolute atomic E-state index is 13.2. The van der Waals surface area contributed by atoms with Crippen molar-refractivity contribution in [3.8, 4) is 16.3 Å². The van der Waals surface area contributed by atoms with E-state index < -0.39 is 0 Å². The van der Waals surface area contributed by atoms with Crippen molar-refractivity contribution in [1.82, 2.24) is 14.7 Å². The summed E-state index contributed by atoms with van der Waals surface area (Å²) in [5, 5.41) is 10.5. The lowest BCUT2D eigenvalue weighted by Gasteiger charge is -2.23. The molecule has 0 spiro atoms. The van der Waals surface area contributed by atoms with Gasteiger partial charge in [-0.1, -0.05) is 35.9 Å². The van der Waals surface area contributed by atoms with E-state index in [1.165, 1.54) is 0 Å². The number of anilines is 1. The number of nitrogens with one attached hydrogen (secondary N) is 1. The highest BCUT2D eigenvalue weighted by atomic mass is 35.5. The molecule has 0 unspecified atom stereocenters. The lowest BCUT2D eigenvalue weighted by Crippen LogP contribution is -2.35. The number of thiophene rings is 1. The molecule has 0 fully saturated rings. The van der Waals surface area contributed by atoms with Crippen molar-refractivity contribution >= 4 is 34.7 Å². The number of hydrogen-bond acceptors (Lipinski definition) is 4. The van der Waals surface area contributed by atoms with Crippen LogP contribution in [0.2, 0.25) is 5.02 Å². The first-order chi connectivity index (χ1) is 16.1. The Bertz CT molecular complexity index is 1160. The summed E-state index contributed by atoms with van der Waals surface area (Å²) in [6, 6.07) is 20.9. The Balaban J connectivity index is 1.62. The number of para-hydroxylation sites is 1. The van der Waals surface area contributed by atoms with Crippen molar-refractivity contribution < 1.29 is 9.53 Å². The highest BCUT2D eigenvalue weighted by Gasteiger charge is 2.20. The van der Waals surface area contributed by atoms with Crippen molar-refractivity contribution in [3.63, 3.8) is 0 Å². The minimum absolute atomic E-state index is 0.182. The van der Waals surface area contributed by atoms with Crippen LogP contribution in [0.5, 0.6) is 0 Å². The van der Waals surface area contributed by atoms with E-state index in [1.807, 2.05) is 52.7 Å². The van der Waals surface area contributed by atoms with Gasteiger partial charge in [0.15, 0.2) is 0 Å². The summed E-state index contributed by atoms with van der Waals surface area (Å²) in [6.07, 6.45) is 2.73. The van der Waals surface area contributed by atoms with E-state index in [1.54, 1.807) is 47.6 Å². The van der Waals surface area contributed by atoms with Crippen LogP contribution < -0.4 is 5.32 Å². The maximum Gasteiger partial charge on any atom is 0.322 e. The van der Waals surface area contributed by atoms with Gasteiger partial charge >= 0.3 is 6.03 Å². The average molecular weight is 481 g/mol. The lowest BCUT2D eigenvalue weighted by atomic mass is 10.2. The molecule has 0 aliphatic carbocycles. The number of ether oxygens (including phenoxy) is 1. The Kier molecular flexibility index (Phi) is 7.78. The van der Waals surface area contributed by atoms with Gasteiger partial charge in [-0.25, -0.2) is 9.48 Å². The third kappa shape index (κ3) is 6.01. The van der Waals surface area contributed by atoms with Gasteiger partial charge in [0.05, 0.1) is 17.1 Å². The molecule has 170 valence electrons. The topological polar surface area (TPSA) is 59.4 Å². The number of rotatable bonds is 9. The van der Waals surface area contributed by atoms with E-state index in [0.717, 1.165) is 28.2 Å². The number of carbonyl (C=O) groups is 1. The summed E-state index contributed by atoms with van der Waals surface area (Å²) in [7, 11) is 1.66. The summed E-state index contributed by atoms with van der Waals surface area (Å²) in [5.74, 6) is 0. The van der Waals surface area contributed by atoms with Crippen molar-refractivity contribution in [2.24, 2.45) is 0 Å². The van der Waals surface area contributed by atoms with Crippen LogP contribution >= 0.6 is 22.9 Å². The Labute approximate surface area is 202 Å². The van der Waals surface area contributed by atoms with Crippen LogP contribution in [0.25, 0.3) is 16.3 Å². The molecule has 8 heteroatoms. The largest absolute Gasteiger partial charge is 0.385 e. The van der Waals surface area contributed by atoms with Crippen LogP contribution in [0, 0.1) is 0 Å². The smallest absolute Gasteiger partial charge is 0.322 e. The fraction of sp³-hybridized carbons (Fsp3) is 0.200. The van der Waals surface area contributed by atoms with Gasteiger partial charge in [-0.2, -0.15) is 5.10 Å². The van der Waals surface area contributed by atoms with Gasteiger partial charge < -0.3 is 15.0 Å². The first-order valence-electron chi connectivity index (χ1n) is 10.6. The van der Waals surface area contributed by atoms with Crippen molar-refractivity contribution in [2.75, 3.05) is 25.6 Å². The number of nitrogens with zero attached hydrogens (tertiary/aromatic N) is 3. The SMILES string of the molecule is COCCCN(Cc1cn(-c2ccccc2)nc1-c1cccs1)C(=O)Nc1ccc(Cl)cc1. The normalized spacial score (nSPS) is 10.8. The molecule has 0 saturated carbocycles. The molecule has 2 aromatic heterocycles. The maximum atomic E-state index is 13.2. The third-order valence-electron chi connectivity index (χ3n) is 5.09. The second-order valence-electron chi connectivity index (χ2n) is 7.47. The number of hydrogen-bond donors (Lipinski definition) is 1. The standard InChI is InChI=1S/C25H25ClN4O2S/c1-32-15-6-14-29(25(31)27-21-12-10-20(26)11-13-21)17-19-18-30(22-7-3-2-4-8-22)28-24(19)23-9-5-16-33-23/h2-5,7-13,16,18H,6,14-15,17H2,1H3,(H,27,31). The molecule has 33 heavy (non-hydrogen) atoms. The minimum Gasteiger partial charge on any atom is -0.385 e. The van der Waals surface area contributed by atoms with Crippen molar-refractivity contribution in [1.29, 1.82) is 0 Å². The van der Waals surface area contributed by atoms with Crippen LogP contribution in [0.15, 0.2) is 78.3 Å². The Morgan fingerprint density at radius 1 is 1.12 bits per heavy atom. The first kappa shape index (κ1) is 23.0. The second-order valence-corrected chi connectivity index (χ2v) is 8.85. The monoisotopic (exact) mass is 480 g/mol. The van der Waals surface area contributed by atoms with Gasteiger partial charge in [0, 0.05) is 42.7 Å². The zero-order valence-electron chi connectivity index (χ0n) is 18.3. The molecule has 2 heterocycles. The molecule has 1 N–H and O–H groups in total. The number of carbonyl (C=O) groups excluding carboxylic acids is 1. The van der Waals surface area contributed by atoms with Crippen LogP contribution in [-0.2, 0) is 11.3 Å². The number of aromatic nitrogens is 2. The summed E-state index contributed by atoms with van der Waals surface area (Å²) >= 11 is 7.61. The average Bonchev–Trinajstić information content (AvgIpc) is 3.51. The van der Waals surface area contributed by atoms with Crippen molar-refractivity contribution in [3.05, 3.63) is 88.9 Å². The van der Waals surface area contributed by atoms with Crippen molar-refractivity contribution in [2.45, 2.75) is 13.0 Å². The molecule has 4 rings (SSSR count). The number of methoxy groups -OCH3 is 1. The molecule has 6 nitrogen and oxygen atoms in total. The van der Waals surface area contributed by atoms with Gasteiger partial charge in [-0.05, 0) is 54.3 Å². The number of halogens is 1. The fourth-order valence-electron chi connectivity index (χ4n) is 3.45. The predicted molar refractivity (Wildman–Crippen MR) is 134 cm³/mol. The van der Waals surface area contributed by atoms with E-state index in [0.29, 0.717) is 30.4 Å². The molecule has 0 atom stereocenters. The number of benzene rings is 2. The molecule has 2 amide bonds. The van der Waals surface area contributed by atoms with Crippen LogP contribution in [0.3, 0.4) is 0 Å². The van der Waals surface area contributed by atoms with E-state index in [4.69, 9.17) is 21.4 Å². The van der Waals surface area contributed by atoms with E-state index in [9.17, 15) is 4.79 Å². The number of amides is 2. The Morgan fingerprint density at radius 3 is 2.61 bits per heavy atom. The number of urea groups is 1. The quantitative estimate of drug-likeness (QED) is 0.285. The lowest BCUT2D eigenvalue weighted by molar-refractivity contribution is 0.172. The predicted octanol–water partition coefficient (Wildman–Crippen LogP) is 6.32. The fourth-order valence-corrected chi connectivity index (χ4v) is 4.32. The van der Waals surface area contributed by atoms with Gasteiger partial charge in [-0.3, -0.25) is 0 Å². The summed E-state index contributed by atoms with van der Waals surface area (Å²) in [5.41, 5.74) is 3.52. The van der Waals surface area contributed by atoms with Crippen LogP contribution in [-0.4, -0.2) is 41.0 Å². The molecule has 0 bridgehead atoms. The molecule has 4 aromatic rings. The Hall–Kier alpha value is -3.13. The zero-order chi connectivity index (χ0) is 23.0. The molecular weight excluding hydrogens is 456 g/mol. The third-order valence-corrected chi connectivity index (χ3v) is 6.21. The molecule has 0 saturated heterocycles. The van der Waals surface area contributed by atoms with E-state index in [2.05, 4.69) is 11.4 Å². The highest BCUT2D eigenvalue weighted by Crippen LogP contribution is 2.29. The zero-order valence-corrected chi connectivity index (χ0v) is 19.9. The van der Waals surface area contributed by atoms with E-state index in [-0.39, 0.29) is 6.03 Å². The van der Waals surface area contributed by atoms with E-state index >= 15 is 0 Å². The van der Waals surface area contributed by atoms with Crippen LogP contribution in [0.1, 0.15) is 12.0 Å². The molecule has 0 radical (unpaired) electrons. The van der Waals surface area contributed by atoms with Gasteiger partial charge in [-0.15, -0.1) is 11.3 Å². The molecule has 2 aromatic carbocycles. The molecular formula is C25H25ClN4O2S. The highest BCUT2D eigenvalue weighted by molar-refractivity contribution is 7.13. The van der Waals surface area contributed by atoms with Gasteiger partial charge in [0.25, 0.3) is 0 Å². The second kappa shape index (κ2) is 11.1. The van der Waals surface area contributed by atoms with Gasteiger partial charge in [0.2, 0.25) is 0 Å². The molecule has 0 aliphatic heterocycles. The van der Waals surface area contributed by atoms with Gasteiger partial charge in [0.1, 0.15) is 5.69 Å². The summed E-state index contributed by atoms with van der Waals surface area (Å²) < 4.78 is 7.08. The Morgan fingerprint density at radius 2 is 1.91 bits per heavy atom. The first-order valence-corrected chi connectivity index (χ1v) is 11.9. The van der Waals surface area contributed by atoms with Crippen LogP contribution in [0.4, 0.5) is 10.5 Å². The molecule has 0 aliphatic rings. The summed E-state index contributed by atoms with van der Waals surface area (Å²) in [4.78, 5) is 16.0. The summed E-state index contributed by atoms with van der Waals surface area (Å²) in [6.45, 7) is 1.54. The minimum atomic E-state index is -0.182.